The number of fused-ring (bicyclic) bond motifs is 1. The number of methoxy groups -OCH3 is 2. The van der Waals surface area contributed by atoms with Gasteiger partial charge in [0.1, 0.15) is 22.5 Å². The van der Waals surface area contributed by atoms with Crippen molar-refractivity contribution < 1.29 is 14.3 Å². The number of thiazole rings is 1. The van der Waals surface area contributed by atoms with Crippen LogP contribution in [0.1, 0.15) is 32.7 Å². The van der Waals surface area contributed by atoms with Gasteiger partial charge in [-0.2, -0.15) is 5.26 Å². The zero-order chi connectivity index (χ0) is 16.6. The first-order valence-electron chi connectivity index (χ1n) is 6.96. The second-order valence-corrected chi connectivity index (χ2v) is 6.08. The highest BCUT2D eigenvalue weighted by Crippen LogP contribution is 2.42. The molecule has 1 aromatic carbocycles. The fourth-order valence-electron chi connectivity index (χ4n) is 2.69. The summed E-state index contributed by atoms with van der Waals surface area (Å²) in [4.78, 5) is 18.6. The van der Waals surface area contributed by atoms with E-state index in [0.717, 1.165) is 10.7 Å². The molecule has 1 amide bonds. The van der Waals surface area contributed by atoms with E-state index in [-0.39, 0.29) is 5.91 Å². The van der Waals surface area contributed by atoms with Crippen LogP contribution in [0.3, 0.4) is 0 Å². The first-order valence-corrected chi connectivity index (χ1v) is 7.84. The first kappa shape index (κ1) is 15.3. The maximum absolute atomic E-state index is 12.8. The van der Waals surface area contributed by atoms with Crippen LogP contribution in [-0.4, -0.2) is 30.0 Å². The smallest absolute Gasteiger partial charge is 0.256 e. The molecule has 0 saturated heterocycles. The molecule has 2 aromatic rings. The fourth-order valence-corrected chi connectivity index (χ4v) is 3.46. The maximum Gasteiger partial charge on any atom is 0.256 e. The van der Waals surface area contributed by atoms with Crippen LogP contribution in [0, 0.1) is 18.3 Å². The lowest BCUT2D eigenvalue weighted by Gasteiger charge is -2.19. The van der Waals surface area contributed by atoms with Crippen LogP contribution in [-0.2, 0) is 6.54 Å². The van der Waals surface area contributed by atoms with Gasteiger partial charge in [-0.25, -0.2) is 4.98 Å². The number of carbonyl (C=O) groups excluding carboxylic acids is 1. The predicted molar refractivity (Wildman–Crippen MR) is 84.6 cm³/mol. The molecule has 1 atom stereocenters. The number of aromatic nitrogens is 1. The molecule has 1 aromatic heterocycles. The number of nitriles is 1. The standard InChI is InChI=1S/C16H15N3O3S/c1-9-8-23-14(18-9)7-19-12(6-17)15-11(16(19)20)4-10(21-2)5-13(15)22-3/h4-5,8,12H,7H2,1-3H3. The van der Waals surface area contributed by atoms with Crippen LogP contribution in [0.25, 0.3) is 0 Å². The van der Waals surface area contributed by atoms with Gasteiger partial charge in [-0.1, -0.05) is 0 Å². The summed E-state index contributed by atoms with van der Waals surface area (Å²) in [6.07, 6.45) is 0. The zero-order valence-corrected chi connectivity index (χ0v) is 13.8. The first-order chi connectivity index (χ1) is 11.1. The van der Waals surface area contributed by atoms with Crippen molar-refractivity contribution in [3.8, 4) is 17.6 Å². The van der Waals surface area contributed by atoms with Gasteiger partial charge < -0.3 is 14.4 Å². The Morgan fingerprint density at radius 3 is 2.74 bits per heavy atom. The molecule has 1 aliphatic rings. The third-order valence-corrected chi connectivity index (χ3v) is 4.69. The molecule has 3 rings (SSSR count). The predicted octanol–water partition coefficient (Wildman–Crippen LogP) is 2.69. The number of nitrogens with zero attached hydrogens (tertiary/aromatic N) is 3. The van der Waals surface area contributed by atoms with Crippen molar-refractivity contribution in [2.45, 2.75) is 19.5 Å². The summed E-state index contributed by atoms with van der Waals surface area (Å²) in [6, 6.07) is 4.85. The second kappa shape index (κ2) is 5.89. The summed E-state index contributed by atoms with van der Waals surface area (Å²) in [5.41, 5.74) is 1.94. The summed E-state index contributed by atoms with van der Waals surface area (Å²) in [5, 5.41) is 12.3. The van der Waals surface area contributed by atoms with Crippen molar-refractivity contribution in [1.82, 2.24) is 9.88 Å². The molecule has 6 nitrogen and oxygen atoms in total. The topological polar surface area (TPSA) is 75.5 Å². The van der Waals surface area contributed by atoms with Crippen molar-refractivity contribution in [3.05, 3.63) is 39.3 Å². The number of aryl methyl sites for hydroxylation is 1. The highest BCUT2D eigenvalue weighted by atomic mass is 32.1. The van der Waals surface area contributed by atoms with E-state index in [9.17, 15) is 10.1 Å². The quantitative estimate of drug-likeness (QED) is 0.862. The Morgan fingerprint density at radius 2 is 2.17 bits per heavy atom. The van der Waals surface area contributed by atoms with E-state index in [1.807, 2.05) is 12.3 Å². The van der Waals surface area contributed by atoms with Crippen molar-refractivity contribution in [1.29, 1.82) is 5.26 Å². The SMILES string of the molecule is COc1cc(OC)c2c(c1)C(=O)N(Cc1nc(C)cs1)C2C#N. The number of carbonyl (C=O) groups is 1. The van der Waals surface area contributed by atoms with E-state index in [2.05, 4.69) is 11.1 Å². The van der Waals surface area contributed by atoms with Crippen molar-refractivity contribution in [3.63, 3.8) is 0 Å². The second-order valence-electron chi connectivity index (χ2n) is 5.14. The van der Waals surface area contributed by atoms with Crippen LogP contribution in [0.4, 0.5) is 0 Å². The highest BCUT2D eigenvalue weighted by molar-refractivity contribution is 7.09. The molecule has 0 fully saturated rings. The third-order valence-electron chi connectivity index (χ3n) is 3.74. The van der Waals surface area contributed by atoms with Crippen LogP contribution in [0.15, 0.2) is 17.5 Å². The molecular formula is C16H15N3O3S. The molecule has 118 valence electrons. The van der Waals surface area contributed by atoms with Crippen LogP contribution in [0.5, 0.6) is 11.5 Å². The molecular weight excluding hydrogens is 314 g/mol. The molecule has 0 saturated carbocycles. The maximum atomic E-state index is 12.8. The molecule has 0 spiro atoms. The molecule has 2 heterocycles. The van der Waals surface area contributed by atoms with Crippen LogP contribution >= 0.6 is 11.3 Å². The van der Waals surface area contributed by atoms with Crippen molar-refractivity contribution >= 4 is 17.2 Å². The van der Waals surface area contributed by atoms with Gasteiger partial charge in [-0.05, 0) is 13.0 Å². The zero-order valence-electron chi connectivity index (χ0n) is 13.0. The van der Waals surface area contributed by atoms with E-state index in [0.29, 0.717) is 29.2 Å². The van der Waals surface area contributed by atoms with Gasteiger partial charge in [-0.15, -0.1) is 11.3 Å². The Hall–Kier alpha value is -2.59. The Balaban J connectivity index is 2.05. The minimum atomic E-state index is -0.692. The Labute approximate surface area is 137 Å². The number of rotatable bonds is 4. The monoisotopic (exact) mass is 329 g/mol. The molecule has 0 bridgehead atoms. The lowest BCUT2D eigenvalue weighted by Crippen LogP contribution is -2.26. The molecule has 1 aliphatic heterocycles. The van der Waals surface area contributed by atoms with Gasteiger partial charge in [0.15, 0.2) is 0 Å². The normalized spacial score (nSPS) is 16.2. The molecule has 0 N–H and O–H groups in total. The summed E-state index contributed by atoms with van der Waals surface area (Å²) >= 11 is 1.48. The minimum Gasteiger partial charge on any atom is -0.497 e. The van der Waals surface area contributed by atoms with E-state index in [1.54, 1.807) is 12.1 Å². The van der Waals surface area contributed by atoms with Gasteiger partial charge in [0.25, 0.3) is 5.91 Å². The Morgan fingerprint density at radius 1 is 1.39 bits per heavy atom. The molecule has 23 heavy (non-hydrogen) atoms. The van der Waals surface area contributed by atoms with Gasteiger partial charge in [0, 0.05) is 22.7 Å². The number of amides is 1. The summed E-state index contributed by atoms with van der Waals surface area (Å²) in [7, 11) is 3.04. The van der Waals surface area contributed by atoms with E-state index in [4.69, 9.17) is 9.47 Å². The molecule has 0 aliphatic carbocycles. The summed E-state index contributed by atoms with van der Waals surface area (Å²) in [5.74, 6) is 0.797. The lowest BCUT2D eigenvalue weighted by molar-refractivity contribution is 0.0743. The largest absolute Gasteiger partial charge is 0.497 e. The minimum absolute atomic E-state index is 0.211. The van der Waals surface area contributed by atoms with Crippen LogP contribution < -0.4 is 9.47 Å². The van der Waals surface area contributed by atoms with Crippen molar-refractivity contribution in [2.24, 2.45) is 0 Å². The Kier molecular flexibility index (Phi) is 3.92. The molecule has 7 heteroatoms. The number of hydrogen-bond donors (Lipinski definition) is 0. The molecule has 1 unspecified atom stereocenters. The van der Waals surface area contributed by atoms with Crippen LogP contribution in [0.2, 0.25) is 0 Å². The van der Waals surface area contributed by atoms with Gasteiger partial charge in [0.05, 0.1) is 32.4 Å². The van der Waals surface area contributed by atoms with E-state index >= 15 is 0 Å². The van der Waals surface area contributed by atoms with Gasteiger partial charge in [0.2, 0.25) is 0 Å². The fraction of sp³-hybridized carbons (Fsp3) is 0.312. The number of benzene rings is 1. The van der Waals surface area contributed by atoms with E-state index < -0.39 is 6.04 Å². The van der Waals surface area contributed by atoms with E-state index in [1.165, 1.54) is 30.5 Å². The molecule has 0 radical (unpaired) electrons. The Bertz CT molecular complexity index is 809. The highest BCUT2D eigenvalue weighted by Gasteiger charge is 2.40. The van der Waals surface area contributed by atoms with Gasteiger partial charge in [-0.3, -0.25) is 4.79 Å². The van der Waals surface area contributed by atoms with Crippen molar-refractivity contribution in [2.75, 3.05) is 14.2 Å². The number of ether oxygens (including phenoxy) is 2. The lowest BCUT2D eigenvalue weighted by atomic mass is 10.0. The van der Waals surface area contributed by atoms with Gasteiger partial charge >= 0.3 is 0 Å². The average molecular weight is 329 g/mol. The summed E-state index contributed by atoms with van der Waals surface area (Å²) < 4.78 is 10.6. The third kappa shape index (κ3) is 2.51. The number of hydrogen-bond acceptors (Lipinski definition) is 6. The summed E-state index contributed by atoms with van der Waals surface area (Å²) in [6.45, 7) is 2.20. The average Bonchev–Trinajstić information content (AvgIpc) is 3.09.